The van der Waals surface area contributed by atoms with E-state index in [4.69, 9.17) is 39.5 Å². The lowest BCUT2D eigenvalue weighted by atomic mass is 10.1. The minimum Gasteiger partial charge on any atom is -0.449 e. The summed E-state index contributed by atoms with van der Waals surface area (Å²) in [6.45, 7) is 2.85. The molecule has 2 aromatic rings. The average molecular weight is 415 g/mol. The molecular weight excluding hydrogens is 401 g/mol. The first-order valence-electron chi connectivity index (χ1n) is 7.47. The molecule has 0 aromatic heterocycles. The summed E-state index contributed by atoms with van der Waals surface area (Å²) in [7, 11) is 0. The molecule has 0 bridgehead atoms. The number of rotatable bonds is 5. The highest BCUT2D eigenvalue weighted by Crippen LogP contribution is 2.32. The van der Waals surface area contributed by atoms with Crippen molar-refractivity contribution in [3.05, 3.63) is 62.6 Å². The molecule has 1 atom stereocenters. The Kier molecular flexibility index (Phi) is 6.64. The van der Waals surface area contributed by atoms with Crippen LogP contribution in [-0.4, -0.2) is 23.8 Å². The maximum atomic E-state index is 12.3. The van der Waals surface area contributed by atoms with Crippen LogP contribution in [-0.2, 0) is 9.53 Å². The minimum absolute atomic E-state index is 0.0448. The summed E-state index contributed by atoms with van der Waals surface area (Å²) in [5.74, 6) is -1.50. The number of Topliss-reactive ketones (excluding diaryl/α,β-unsaturated/α-hetero) is 1. The predicted octanol–water partition coefficient (Wildman–Crippen LogP) is 5.03. The number of halogens is 3. The van der Waals surface area contributed by atoms with Crippen LogP contribution in [0.5, 0.6) is 0 Å². The fraction of sp³-hybridized carbons (Fsp3) is 0.167. The zero-order valence-electron chi connectivity index (χ0n) is 13.8. The van der Waals surface area contributed by atoms with Crippen molar-refractivity contribution in [2.75, 3.05) is 5.32 Å². The lowest BCUT2D eigenvalue weighted by Crippen LogP contribution is -2.30. The number of carbonyl (C=O) groups is 3. The van der Waals surface area contributed by atoms with Gasteiger partial charge in [-0.1, -0.05) is 34.8 Å². The molecule has 0 radical (unpaired) electrons. The van der Waals surface area contributed by atoms with Crippen LogP contribution in [0.2, 0.25) is 15.1 Å². The minimum atomic E-state index is -1.11. The SMILES string of the molecule is CC(=O)c1ccc(NC(=O)[C@H](C)OC(=O)c2c(Cl)ccc(Cl)c2Cl)cc1. The smallest absolute Gasteiger partial charge is 0.342 e. The van der Waals surface area contributed by atoms with E-state index < -0.39 is 18.0 Å². The third kappa shape index (κ3) is 4.75. The van der Waals surface area contributed by atoms with E-state index in [1.807, 2.05) is 0 Å². The van der Waals surface area contributed by atoms with Gasteiger partial charge >= 0.3 is 5.97 Å². The van der Waals surface area contributed by atoms with Crippen molar-refractivity contribution in [3.8, 4) is 0 Å². The largest absolute Gasteiger partial charge is 0.449 e. The Morgan fingerprint density at radius 2 is 1.54 bits per heavy atom. The van der Waals surface area contributed by atoms with E-state index >= 15 is 0 Å². The summed E-state index contributed by atoms with van der Waals surface area (Å²) in [5.41, 5.74) is 0.876. The summed E-state index contributed by atoms with van der Waals surface area (Å²) in [6, 6.07) is 9.18. The lowest BCUT2D eigenvalue weighted by Gasteiger charge is -2.15. The van der Waals surface area contributed by atoms with Crippen molar-refractivity contribution in [3.63, 3.8) is 0 Å². The van der Waals surface area contributed by atoms with Crippen LogP contribution >= 0.6 is 34.8 Å². The zero-order valence-corrected chi connectivity index (χ0v) is 16.1. The van der Waals surface area contributed by atoms with Crippen LogP contribution in [0.4, 0.5) is 5.69 Å². The van der Waals surface area contributed by atoms with Gasteiger partial charge in [0.05, 0.1) is 20.6 Å². The molecule has 0 fully saturated rings. The van der Waals surface area contributed by atoms with E-state index in [9.17, 15) is 14.4 Å². The van der Waals surface area contributed by atoms with Crippen molar-refractivity contribution in [1.29, 1.82) is 0 Å². The number of ether oxygens (including phenoxy) is 1. The van der Waals surface area contributed by atoms with Gasteiger partial charge in [0.15, 0.2) is 11.9 Å². The molecule has 0 aliphatic rings. The number of amides is 1. The molecule has 0 saturated carbocycles. The first kappa shape index (κ1) is 20.2. The highest BCUT2D eigenvalue weighted by Gasteiger charge is 2.24. The standard InChI is InChI=1S/C18H14Cl3NO4/c1-9(23)11-3-5-12(6-4-11)22-17(24)10(2)26-18(25)15-13(19)7-8-14(20)16(15)21/h3-8,10H,1-2H3,(H,22,24)/t10-/m0/s1. The van der Waals surface area contributed by atoms with E-state index in [0.29, 0.717) is 11.3 Å². The number of esters is 1. The first-order valence-corrected chi connectivity index (χ1v) is 8.60. The number of ketones is 1. The average Bonchev–Trinajstić information content (AvgIpc) is 2.59. The van der Waals surface area contributed by atoms with E-state index in [-0.39, 0.29) is 26.4 Å². The molecule has 0 spiro atoms. The Bertz CT molecular complexity index is 865. The summed E-state index contributed by atoms with van der Waals surface area (Å²) >= 11 is 17.8. The molecule has 2 aromatic carbocycles. The molecule has 2 rings (SSSR count). The summed E-state index contributed by atoms with van der Waals surface area (Å²) < 4.78 is 5.12. The molecule has 8 heteroatoms. The van der Waals surface area contributed by atoms with Gasteiger partial charge in [-0.15, -0.1) is 0 Å². The second-order valence-corrected chi connectivity index (χ2v) is 6.58. The van der Waals surface area contributed by atoms with Crippen LogP contribution in [0.25, 0.3) is 0 Å². The summed E-state index contributed by atoms with van der Waals surface area (Å²) in [6.07, 6.45) is -1.11. The third-order valence-corrected chi connectivity index (χ3v) is 4.58. The Labute approximate surface area is 165 Å². The second-order valence-electron chi connectivity index (χ2n) is 5.39. The van der Waals surface area contributed by atoms with E-state index in [2.05, 4.69) is 5.32 Å². The number of hydrogen-bond acceptors (Lipinski definition) is 4. The fourth-order valence-corrected chi connectivity index (χ4v) is 2.70. The van der Waals surface area contributed by atoms with Crippen molar-refractivity contribution < 1.29 is 19.1 Å². The van der Waals surface area contributed by atoms with Gasteiger partial charge in [0.2, 0.25) is 0 Å². The first-order chi connectivity index (χ1) is 12.2. The topological polar surface area (TPSA) is 72.5 Å². The van der Waals surface area contributed by atoms with Crippen LogP contribution < -0.4 is 5.32 Å². The molecule has 1 N–H and O–H groups in total. The van der Waals surface area contributed by atoms with Crippen molar-refractivity contribution >= 4 is 58.1 Å². The molecule has 0 saturated heterocycles. The van der Waals surface area contributed by atoms with E-state index in [0.717, 1.165) is 0 Å². The highest BCUT2D eigenvalue weighted by atomic mass is 35.5. The van der Waals surface area contributed by atoms with Gasteiger partial charge in [0.25, 0.3) is 5.91 Å². The van der Waals surface area contributed by atoms with Crippen LogP contribution in [0, 0.1) is 0 Å². The Hall–Kier alpha value is -2.08. The lowest BCUT2D eigenvalue weighted by molar-refractivity contribution is -0.123. The molecule has 5 nitrogen and oxygen atoms in total. The third-order valence-electron chi connectivity index (χ3n) is 3.46. The number of hydrogen-bond donors (Lipinski definition) is 1. The summed E-state index contributed by atoms with van der Waals surface area (Å²) in [4.78, 5) is 35.7. The zero-order chi connectivity index (χ0) is 19.4. The van der Waals surface area contributed by atoms with Gasteiger partial charge in [0, 0.05) is 11.3 Å². The molecule has 0 aliphatic heterocycles. The predicted molar refractivity (Wildman–Crippen MR) is 101 cm³/mol. The van der Waals surface area contributed by atoms with Gasteiger partial charge in [-0.2, -0.15) is 0 Å². The van der Waals surface area contributed by atoms with Gasteiger partial charge in [-0.3, -0.25) is 9.59 Å². The molecule has 0 unspecified atom stereocenters. The number of nitrogens with one attached hydrogen (secondary N) is 1. The van der Waals surface area contributed by atoms with Gasteiger partial charge in [-0.25, -0.2) is 4.79 Å². The Morgan fingerprint density at radius 1 is 0.962 bits per heavy atom. The monoisotopic (exact) mass is 413 g/mol. The second kappa shape index (κ2) is 8.54. The normalized spacial score (nSPS) is 11.6. The summed E-state index contributed by atoms with van der Waals surface area (Å²) in [5, 5.41) is 2.75. The molecule has 0 heterocycles. The van der Waals surface area contributed by atoms with Crippen LogP contribution in [0.15, 0.2) is 36.4 Å². The van der Waals surface area contributed by atoms with Gasteiger partial charge in [-0.05, 0) is 50.2 Å². The molecule has 136 valence electrons. The molecule has 0 aliphatic carbocycles. The quantitative estimate of drug-likeness (QED) is 0.423. The highest BCUT2D eigenvalue weighted by molar-refractivity contribution is 6.46. The van der Waals surface area contributed by atoms with Crippen LogP contribution in [0.1, 0.15) is 34.6 Å². The fourth-order valence-electron chi connectivity index (χ4n) is 2.02. The number of carbonyl (C=O) groups excluding carboxylic acids is 3. The van der Waals surface area contributed by atoms with Gasteiger partial charge < -0.3 is 10.1 Å². The Morgan fingerprint density at radius 3 is 2.12 bits per heavy atom. The van der Waals surface area contributed by atoms with Gasteiger partial charge in [0.1, 0.15) is 0 Å². The molecular formula is C18H14Cl3NO4. The van der Waals surface area contributed by atoms with E-state index in [1.165, 1.54) is 26.0 Å². The number of anilines is 1. The van der Waals surface area contributed by atoms with Crippen molar-refractivity contribution in [1.82, 2.24) is 0 Å². The van der Waals surface area contributed by atoms with Crippen molar-refractivity contribution in [2.45, 2.75) is 20.0 Å². The Balaban J connectivity index is 2.06. The molecule has 26 heavy (non-hydrogen) atoms. The van der Waals surface area contributed by atoms with Crippen molar-refractivity contribution in [2.24, 2.45) is 0 Å². The van der Waals surface area contributed by atoms with E-state index in [1.54, 1.807) is 24.3 Å². The number of benzene rings is 2. The molecule has 1 amide bonds. The maximum absolute atomic E-state index is 12.3. The maximum Gasteiger partial charge on any atom is 0.342 e. The van der Waals surface area contributed by atoms with Crippen LogP contribution in [0.3, 0.4) is 0 Å².